The first-order valence-corrected chi connectivity index (χ1v) is 10.2. The quantitative estimate of drug-likeness (QED) is 0.146. The van der Waals surface area contributed by atoms with Crippen LogP contribution in [0, 0.1) is 6.92 Å². The van der Waals surface area contributed by atoms with Gasteiger partial charge in [0, 0.05) is 11.1 Å². The molecule has 4 rings (SSSR count). The van der Waals surface area contributed by atoms with Crippen LogP contribution >= 0.6 is 0 Å². The molecule has 0 atom stereocenters. The Hall–Kier alpha value is -4.92. The summed E-state index contributed by atoms with van der Waals surface area (Å²) in [4.78, 5) is 38.1. The normalized spacial score (nSPS) is 11.0. The first-order chi connectivity index (χ1) is 16.6. The van der Waals surface area contributed by atoms with Gasteiger partial charge in [0.2, 0.25) is 0 Å². The van der Waals surface area contributed by atoms with Crippen molar-refractivity contribution in [2.75, 3.05) is 7.11 Å². The van der Waals surface area contributed by atoms with Gasteiger partial charge in [-0.2, -0.15) is 0 Å². The SMILES string of the molecule is CON=C(C(=O)O)c1cccc2ccc(O)cc12.Cc1ccc2ccc(O)cc2c1C(=O)C(=O)O. The fraction of sp³-hybridized carbons (Fsp3) is 0.0769. The molecule has 0 saturated heterocycles. The molecule has 178 valence electrons. The van der Waals surface area contributed by atoms with Gasteiger partial charge in [0.25, 0.3) is 5.78 Å². The van der Waals surface area contributed by atoms with Crippen molar-refractivity contribution in [3.63, 3.8) is 0 Å². The van der Waals surface area contributed by atoms with Crippen molar-refractivity contribution >= 4 is 45.0 Å². The molecule has 0 aliphatic carbocycles. The van der Waals surface area contributed by atoms with Crippen molar-refractivity contribution in [2.24, 2.45) is 5.16 Å². The number of aromatic hydroxyl groups is 2. The minimum Gasteiger partial charge on any atom is -0.508 e. The zero-order valence-electron chi connectivity index (χ0n) is 18.7. The number of ketones is 1. The van der Waals surface area contributed by atoms with Gasteiger partial charge in [0.1, 0.15) is 18.6 Å². The minimum absolute atomic E-state index is 0.00235. The molecule has 0 fully saturated rings. The maximum absolute atomic E-state index is 11.6. The summed E-state index contributed by atoms with van der Waals surface area (Å²) in [6, 6.07) is 17.9. The number of aryl methyl sites for hydroxylation is 1. The summed E-state index contributed by atoms with van der Waals surface area (Å²) < 4.78 is 0. The van der Waals surface area contributed by atoms with Crippen LogP contribution in [0.1, 0.15) is 21.5 Å². The number of rotatable bonds is 5. The lowest BCUT2D eigenvalue weighted by Gasteiger charge is -2.07. The van der Waals surface area contributed by atoms with E-state index in [9.17, 15) is 24.6 Å². The molecule has 4 N–H and O–H groups in total. The number of fused-ring (bicyclic) bond motifs is 2. The molecule has 0 aromatic heterocycles. The van der Waals surface area contributed by atoms with Gasteiger partial charge >= 0.3 is 11.9 Å². The summed E-state index contributed by atoms with van der Waals surface area (Å²) in [5.74, 6) is -3.57. The number of Topliss-reactive ketones (excluding diaryl/α,β-unsaturated/α-hetero) is 1. The first kappa shape index (κ1) is 24.7. The predicted octanol–water partition coefficient (Wildman–Crippen LogP) is 4.10. The number of phenolic OH excluding ortho intramolecular Hbond substituents is 2. The monoisotopic (exact) mass is 475 g/mol. The van der Waals surface area contributed by atoms with Crippen LogP contribution in [0.4, 0.5) is 0 Å². The Morgan fingerprint density at radius 1 is 0.771 bits per heavy atom. The lowest BCUT2D eigenvalue weighted by Crippen LogP contribution is -2.15. The van der Waals surface area contributed by atoms with Crippen molar-refractivity contribution in [3.8, 4) is 11.5 Å². The Morgan fingerprint density at radius 2 is 1.34 bits per heavy atom. The van der Waals surface area contributed by atoms with Gasteiger partial charge in [-0.3, -0.25) is 4.79 Å². The average molecular weight is 475 g/mol. The van der Waals surface area contributed by atoms with E-state index in [2.05, 4.69) is 9.99 Å². The van der Waals surface area contributed by atoms with Gasteiger partial charge in [0.05, 0.1) is 0 Å². The number of phenols is 2. The summed E-state index contributed by atoms with van der Waals surface area (Å²) in [6.07, 6.45) is 0. The number of hydrogen-bond donors (Lipinski definition) is 4. The Bertz CT molecular complexity index is 1480. The Balaban J connectivity index is 0.000000196. The van der Waals surface area contributed by atoms with E-state index < -0.39 is 17.7 Å². The lowest BCUT2D eigenvalue weighted by atomic mass is 9.96. The van der Waals surface area contributed by atoms with E-state index in [1.165, 1.54) is 25.3 Å². The molecule has 4 aromatic rings. The number of aliphatic carboxylic acids is 2. The third-order valence-electron chi connectivity index (χ3n) is 5.14. The van der Waals surface area contributed by atoms with Crippen LogP contribution in [0.15, 0.2) is 71.9 Å². The molecule has 4 aromatic carbocycles. The van der Waals surface area contributed by atoms with E-state index in [1.54, 1.807) is 49.4 Å². The second-order valence-corrected chi connectivity index (χ2v) is 7.44. The summed E-state index contributed by atoms with van der Waals surface area (Å²) in [5, 5.41) is 42.9. The summed E-state index contributed by atoms with van der Waals surface area (Å²) in [7, 11) is 1.28. The van der Waals surface area contributed by atoms with Gasteiger partial charge in [-0.25, -0.2) is 9.59 Å². The van der Waals surface area contributed by atoms with E-state index in [-0.39, 0.29) is 22.8 Å². The van der Waals surface area contributed by atoms with E-state index in [0.29, 0.717) is 21.9 Å². The molecule has 9 heteroatoms. The average Bonchev–Trinajstić information content (AvgIpc) is 2.82. The van der Waals surface area contributed by atoms with Gasteiger partial charge < -0.3 is 25.3 Å². The van der Waals surface area contributed by atoms with Crippen LogP contribution in [-0.2, 0) is 14.4 Å². The van der Waals surface area contributed by atoms with E-state index in [4.69, 9.17) is 10.2 Å². The van der Waals surface area contributed by atoms with E-state index in [0.717, 1.165) is 10.8 Å². The van der Waals surface area contributed by atoms with Crippen molar-refractivity contribution in [2.45, 2.75) is 6.92 Å². The van der Waals surface area contributed by atoms with Crippen molar-refractivity contribution in [1.82, 2.24) is 0 Å². The molecular weight excluding hydrogens is 454 g/mol. The van der Waals surface area contributed by atoms with Gasteiger partial charge in [0.15, 0.2) is 5.71 Å². The van der Waals surface area contributed by atoms with E-state index >= 15 is 0 Å². The van der Waals surface area contributed by atoms with Gasteiger partial charge in [-0.1, -0.05) is 47.6 Å². The third-order valence-corrected chi connectivity index (χ3v) is 5.14. The zero-order chi connectivity index (χ0) is 25.7. The smallest absolute Gasteiger partial charge is 0.377 e. The molecule has 35 heavy (non-hydrogen) atoms. The number of carbonyl (C=O) groups is 3. The lowest BCUT2D eigenvalue weighted by molar-refractivity contribution is -0.132. The standard InChI is InChI=1S/C13H11NO4.C13H10O4/c1-18-14-12(13(16)17)10-4-2-3-8-5-6-9(15)7-11(8)10;1-7-2-3-8-4-5-9(14)6-10(8)11(7)12(15)13(16)17/h2-7,15H,1H3,(H,16,17);2-6,14H,1H3,(H,16,17). The zero-order valence-corrected chi connectivity index (χ0v) is 18.7. The van der Waals surface area contributed by atoms with Gasteiger partial charge in [-0.15, -0.1) is 0 Å². The molecule has 0 bridgehead atoms. The molecule has 0 heterocycles. The fourth-order valence-corrected chi connectivity index (χ4v) is 3.59. The molecule has 0 amide bonds. The van der Waals surface area contributed by atoms with Crippen molar-refractivity contribution in [3.05, 3.63) is 83.4 Å². The largest absolute Gasteiger partial charge is 0.508 e. The van der Waals surface area contributed by atoms with Crippen LogP contribution in [0.5, 0.6) is 11.5 Å². The Morgan fingerprint density at radius 3 is 1.91 bits per heavy atom. The summed E-state index contributed by atoms with van der Waals surface area (Å²) in [6.45, 7) is 1.67. The van der Waals surface area contributed by atoms with Crippen LogP contribution in [-0.4, -0.2) is 51.0 Å². The number of carboxylic acid groups (broad SMARTS) is 2. The fourth-order valence-electron chi connectivity index (χ4n) is 3.59. The highest BCUT2D eigenvalue weighted by molar-refractivity contribution is 6.44. The summed E-state index contributed by atoms with van der Waals surface area (Å²) >= 11 is 0. The minimum atomic E-state index is -1.50. The van der Waals surface area contributed by atoms with Crippen LogP contribution in [0.2, 0.25) is 0 Å². The van der Waals surface area contributed by atoms with E-state index in [1.807, 2.05) is 6.07 Å². The molecule has 0 aliphatic rings. The number of nitrogens with zero attached hydrogens (tertiary/aromatic N) is 1. The van der Waals surface area contributed by atoms with Crippen molar-refractivity contribution < 1.29 is 39.6 Å². The number of hydrogen-bond acceptors (Lipinski definition) is 7. The molecule has 9 nitrogen and oxygen atoms in total. The number of carboxylic acids is 2. The third kappa shape index (κ3) is 5.36. The maximum atomic E-state index is 11.6. The number of carbonyl (C=O) groups excluding carboxylic acids is 1. The molecule has 0 radical (unpaired) electrons. The molecule has 0 spiro atoms. The first-order valence-electron chi connectivity index (χ1n) is 10.2. The second-order valence-electron chi connectivity index (χ2n) is 7.44. The van der Waals surface area contributed by atoms with Crippen LogP contribution in [0.25, 0.3) is 21.5 Å². The summed E-state index contributed by atoms with van der Waals surface area (Å²) in [5.41, 5.74) is 0.910. The van der Waals surface area contributed by atoms with Crippen LogP contribution in [0.3, 0.4) is 0 Å². The molecule has 0 aliphatic heterocycles. The maximum Gasteiger partial charge on any atom is 0.377 e. The van der Waals surface area contributed by atoms with Crippen molar-refractivity contribution in [1.29, 1.82) is 0 Å². The highest BCUT2D eigenvalue weighted by atomic mass is 16.6. The molecule has 0 saturated carbocycles. The topological polar surface area (TPSA) is 154 Å². The van der Waals surface area contributed by atoms with Crippen LogP contribution < -0.4 is 0 Å². The molecular formula is C26H21NO8. The number of benzene rings is 4. The predicted molar refractivity (Wildman–Crippen MR) is 129 cm³/mol. The Labute approximate surface area is 199 Å². The number of oxime groups is 1. The van der Waals surface area contributed by atoms with Gasteiger partial charge in [-0.05, 0) is 58.3 Å². The molecule has 0 unspecified atom stereocenters. The highest BCUT2D eigenvalue weighted by Gasteiger charge is 2.20. The second kappa shape index (κ2) is 10.3. The highest BCUT2D eigenvalue weighted by Crippen LogP contribution is 2.27. The Kier molecular flexibility index (Phi) is 7.31.